The Labute approximate surface area is 176 Å². The quantitative estimate of drug-likeness (QED) is 0.634. The van der Waals surface area contributed by atoms with Crippen molar-refractivity contribution < 1.29 is 9.53 Å². The van der Waals surface area contributed by atoms with E-state index in [1.54, 1.807) is 11.8 Å². The molecule has 1 amide bonds. The second-order valence-electron chi connectivity index (χ2n) is 7.15. The second kappa shape index (κ2) is 10.3. The van der Waals surface area contributed by atoms with Gasteiger partial charge in [0.25, 0.3) is 5.91 Å². The molecule has 0 aromatic heterocycles. The Kier molecular flexibility index (Phi) is 7.80. The molecule has 2 atom stereocenters. The van der Waals surface area contributed by atoms with Crippen LogP contribution in [0, 0.1) is 0 Å². The van der Waals surface area contributed by atoms with E-state index in [4.69, 9.17) is 16.3 Å². The Bertz CT molecular complexity index is 794. The molecular weight excluding hydrogens is 392 g/mol. The lowest BCUT2D eigenvalue weighted by atomic mass is 10.1. The molecule has 0 unspecified atom stereocenters. The van der Waals surface area contributed by atoms with Gasteiger partial charge in [-0.3, -0.25) is 4.79 Å². The first-order valence-electron chi connectivity index (χ1n) is 9.58. The van der Waals surface area contributed by atoms with Gasteiger partial charge in [-0.05, 0) is 50.7 Å². The fourth-order valence-corrected chi connectivity index (χ4v) is 4.72. The van der Waals surface area contributed by atoms with Crippen LogP contribution in [0.25, 0.3) is 0 Å². The van der Waals surface area contributed by atoms with Crippen molar-refractivity contribution in [1.29, 1.82) is 0 Å². The predicted molar refractivity (Wildman–Crippen MR) is 116 cm³/mol. The normalized spacial score (nSPS) is 17.6. The summed E-state index contributed by atoms with van der Waals surface area (Å²) < 4.78 is 5.70. The first kappa shape index (κ1) is 21.2. The minimum atomic E-state index is -0.0608. The maximum absolute atomic E-state index is 12.9. The van der Waals surface area contributed by atoms with E-state index >= 15 is 0 Å². The molecule has 150 valence electrons. The van der Waals surface area contributed by atoms with Crippen molar-refractivity contribution in [2.45, 2.75) is 29.9 Å². The van der Waals surface area contributed by atoms with Gasteiger partial charge in [0.1, 0.15) is 0 Å². The Morgan fingerprint density at radius 3 is 2.71 bits per heavy atom. The van der Waals surface area contributed by atoms with E-state index in [-0.39, 0.29) is 11.9 Å². The molecular formula is C22H27ClN2O2S. The van der Waals surface area contributed by atoms with E-state index < -0.39 is 0 Å². The van der Waals surface area contributed by atoms with Crippen LogP contribution in [0.4, 0.5) is 0 Å². The molecule has 2 aromatic rings. The number of carbonyl (C=O) groups excluding carboxylic acids is 1. The maximum atomic E-state index is 12.9. The summed E-state index contributed by atoms with van der Waals surface area (Å²) in [5.74, 6) is 0.818. The molecule has 0 bridgehead atoms. The van der Waals surface area contributed by atoms with Crippen LogP contribution in [0.5, 0.6) is 0 Å². The number of thioether (sulfide) groups is 1. The summed E-state index contributed by atoms with van der Waals surface area (Å²) in [5.41, 5.74) is 1.72. The molecule has 1 N–H and O–H groups in total. The Morgan fingerprint density at radius 2 is 2.00 bits per heavy atom. The third kappa shape index (κ3) is 5.51. The van der Waals surface area contributed by atoms with Gasteiger partial charge in [-0.15, -0.1) is 11.8 Å². The molecule has 6 heteroatoms. The summed E-state index contributed by atoms with van der Waals surface area (Å²) in [6.07, 6.45) is 2.52. The van der Waals surface area contributed by atoms with Crippen molar-refractivity contribution in [3.05, 3.63) is 64.7 Å². The van der Waals surface area contributed by atoms with Crippen molar-refractivity contribution in [2.24, 2.45) is 0 Å². The number of hydrogen-bond acceptors (Lipinski definition) is 4. The number of nitrogens with zero attached hydrogens (tertiary/aromatic N) is 1. The van der Waals surface area contributed by atoms with Gasteiger partial charge in [0, 0.05) is 28.8 Å². The van der Waals surface area contributed by atoms with Crippen LogP contribution in [0.2, 0.25) is 5.02 Å². The fraction of sp³-hybridized carbons (Fsp3) is 0.409. The molecule has 1 heterocycles. The van der Waals surface area contributed by atoms with Gasteiger partial charge in [0.05, 0.1) is 17.7 Å². The molecule has 1 aliphatic heterocycles. The molecule has 3 rings (SSSR count). The van der Waals surface area contributed by atoms with Gasteiger partial charge in [-0.2, -0.15) is 0 Å². The Morgan fingerprint density at radius 1 is 1.25 bits per heavy atom. The van der Waals surface area contributed by atoms with Crippen molar-refractivity contribution >= 4 is 29.3 Å². The highest BCUT2D eigenvalue weighted by Gasteiger charge is 2.20. The van der Waals surface area contributed by atoms with Crippen molar-refractivity contribution in [3.8, 4) is 0 Å². The van der Waals surface area contributed by atoms with Crippen molar-refractivity contribution in [3.63, 3.8) is 0 Å². The molecule has 1 fully saturated rings. The summed E-state index contributed by atoms with van der Waals surface area (Å²) >= 11 is 8.06. The molecule has 1 aliphatic rings. The van der Waals surface area contributed by atoms with Crippen molar-refractivity contribution in [2.75, 3.05) is 33.0 Å². The van der Waals surface area contributed by atoms with Gasteiger partial charge < -0.3 is 15.0 Å². The number of amides is 1. The lowest BCUT2D eigenvalue weighted by Crippen LogP contribution is -2.35. The van der Waals surface area contributed by atoms with Gasteiger partial charge in [0.2, 0.25) is 0 Å². The van der Waals surface area contributed by atoms with Crippen LogP contribution in [0.15, 0.2) is 53.4 Å². The minimum absolute atomic E-state index is 0.00403. The van der Waals surface area contributed by atoms with E-state index in [2.05, 4.69) is 10.2 Å². The number of nitrogens with one attached hydrogen (secondary N) is 1. The van der Waals surface area contributed by atoms with Crippen LogP contribution >= 0.6 is 23.4 Å². The van der Waals surface area contributed by atoms with E-state index in [0.29, 0.717) is 23.2 Å². The highest BCUT2D eigenvalue weighted by Crippen LogP contribution is 2.28. The summed E-state index contributed by atoms with van der Waals surface area (Å²) in [5, 5.41) is 3.80. The number of hydrogen-bond donors (Lipinski definition) is 1. The molecule has 0 aliphatic carbocycles. The summed E-state index contributed by atoms with van der Waals surface area (Å²) in [6.45, 7) is 1.33. The molecule has 0 radical (unpaired) electrons. The zero-order chi connectivity index (χ0) is 19.9. The van der Waals surface area contributed by atoms with E-state index in [1.807, 2.05) is 62.6 Å². The minimum Gasteiger partial charge on any atom is -0.377 e. The molecule has 0 spiro atoms. The van der Waals surface area contributed by atoms with Crippen molar-refractivity contribution in [1.82, 2.24) is 10.2 Å². The number of carbonyl (C=O) groups is 1. The number of benzene rings is 2. The van der Waals surface area contributed by atoms with Gasteiger partial charge in [0.15, 0.2) is 0 Å². The topological polar surface area (TPSA) is 41.6 Å². The molecule has 4 nitrogen and oxygen atoms in total. The zero-order valence-electron chi connectivity index (χ0n) is 16.4. The third-order valence-electron chi connectivity index (χ3n) is 4.92. The highest BCUT2D eigenvalue weighted by atomic mass is 35.5. The van der Waals surface area contributed by atoms with Gasteiger partial charge in [-0.1, -0.05) is 41.9 Å². The predicted octanol–water partition coefficient (Wildman–Crippen LogP) is 4.64. The zero-order valence-corrected chi connectivity index (χ0v) is 17.9. The number of likely N-dealkylation sites (N-methyl/N-ethyl adjacent to an activating group) is 1. The average Bonchev–Trinajstić information content (AvgIpc) is 3.21. The van der Waals surface area contributed by atoms with Crippen LogP contribution in [-0.4, -0.2) is 49.9 Å². The van der Waals surface area contributed by atoms with E-state index in [1.165, 1.54) is 0 Å². The first-order valence-corrected chi connectivity index (χ1v) is 10.9. The molecule has 1 saturated heterocycles. The summed E-state index contributed by atoms with van der Waals surface area (Å²) in [7, 11) is 3.98. The van der Waals surface area contributed by atoms with E-state index in [0.717, 1.165) is 35.7 Å². The van der Waals surface area contributed by atoms with Crippen LogP contribution < -0.4 is 5.32 Å². The van der Waals surface area contributed by atoms with Crippen LogP contribution in [0.1, 0.15) is 34.8 Å². The number of rotatable bonds is 8. The van der Waals surface area contributed by atoms with E-state index in [9.17, 15) is 4.79 Å². The molecule has 0 saturated carbocycles. The third-order valence-corrected chi connectivity index (χ3v) is 6.47. The van der Waals surface area contributed by atoms with Crippen LogP contribution in [0.3, 0.4) is 0 Å². The summed E-state index contributed by atoms with van der Waals surface area (Å²) in [6, 6.07) is 15.5. The largest absolute Gasteiger partial charge is 0.377 e. The number of ether oxygens (including phenoxy) is 1. The molecule has 28 heavy (non-hydrogen) atoms. The standard InChI is InChI=1S/C22H27ClN2O2S/c1-25(2)20(17-9-3-5-11-19(17)23)14-24-22(26)18-10-4-6-12-21(18)28-15-16-8-7-13-27-16/h3-6,9-12,16,20H,7-8,13-15H2,1-2H3,(H,24,26)/t16-,20+/m0/s1. The molecule has 2 aromatic carbocycles. The SMILES string of the molecule is CN(C)[C@H](CNC(=O)c1ccccc1SC[C@@H]1CCCO1)c1ccccc1Cl. The average molecular weight is 419 g/mol. The maximum Gasteiger partial charge on any atom is 0.252 e. The Balaban J connectivity index is 1.66. The lowest BCUT2D eigenvalue weighted by Gasteiger charge is -2.26. The second-order valence-corrected chi connectivity index (χ2v) is 8.62. The fourth-order valence-electron chi connectivity index (χ4n) is 3.34. The first-order chi connectivity index (χ1) is 13.6. The highest BCUT2D eigenvalue weighted by molar-refractivity contribution is 7.99. The van der Waals surface area contributed by atoms with Gasteiger partial charge >= 0.3 is 0 Å². The van der Waals surface area contributed by atoms with Crippen LogP contribution in [-0.2, 0) is 4.74 Å². The summed E-state index contributed by atoms with van der Waals surface area (Å²) in [4.78, 5) is 16.0. The number of halogens is 1. The lowest BCUT2D eigenvalue weighted by molar-refractivity contribution is 0.0938. The van der Waals surface area contributed by atoms with Gasteiger partial charge in [-0.25, -0.2) is 0 Å². The smallest absolute Gasteiger partial charge is 0.252 e. The monoisotopic (exact) mass is 418 g/mol. The Hall–Kier alpha value is -1.53.